The Labute approximate surface area is 57.1 Å². The number of aliphatic hydroxyl groups excluding tert-OH is 1. The molecule has 0 saturated carbocycles. The maximum Gasteiger partial charge on any atom is 0.234 e. The fourth-order valence-corrected chi connectivity index (χ4v) is 1.77. The highest BCUT2D eigenvalue weighted by Crippen LogP contribution is 2.27. The van der Waals surface area contributed by atoms with Gasteiger partial charge in [0, 0.05) is 17.4 Å². The van der Waals surface area contributed by atoms with Crippen molar-refractivity contribution in [1.82, 2.24) is 4.98 Å². The van der Waals surface area contributed by atoms with Crippen LogP contribution in [-0.2, 0) is 0 Å². The standard InChI is InChI=1S/C6H10NOS/c1-5-3-9(4-7-5)6(2)8/h3-4,6,8H,1-2H3/q+1. The predicted octanol–water partition coefficient (Wildman–Crippen LogP) is 1.65. The van der Waals surface area contributed by atoms with Crippen LogP contribution in [0.15, 0.2) is 10.9 Å². The monoisotopic (exact) mass is 144 g/mol. The lowest BCUT2D eigenvalue weighted by atomic mass is 10.6. The number of rotatable bonds is 1. The van der Waals surface area contributed by atoms with E-state index in [0.717, 1.165) is 5.69 Å². The molecule has 1 N–H and O–H groups in total. The maximum atomic E-state index is 9.05. The highest BCUT2D eigenvalue weighted by Gasteiger charge is 2.11. The fraction of sp³-hybridized carbons (Fsp3) is 0.500. The molecule has 1 heterocycles. The SMILES string of the molecule is Cc1c[s+](C(C)O)cn1. The zero-order valence-corrected chi connectivity index (χ0v) is 6.35. The number of thiazole rings is 1. The Morgan fingerprint density at radius 3 is 2.67 bits per heavy atom. The van der Waals surface area contributed by atoms with Gasteiger partial charge in [0.25, 0.3) is 0 Å². The number of hydrogen-bond donors (Lipinski definition) is 1. The summed E-state index contributed by atoms with van der Waals surface area (Å²) in [4.78, 5) is 4.03. The van der Waals surface area contributed by atoms with Gasteiger partial charge < -0.3 is 5.11 Å². The fourth-order valence-electron chi connectivity index (χ4n) is 0.588. The van der Waals surface area contributed by atoms with Crippen LogP contribution in [0.25, 0.3) is 0 Å². The Hall–Kier alpha value is -0.410. The van der Waals surface area contributed by atoms with Crippen molar-refractivity contribution in [2.45, 2.75) is 19.3 Å². The summed E-state index contributed by atoms with van der Waals surface area (Å²) in [5, 5.41) is 11.0. The van der Waals surface area contributed by atoms with E-state index in [0.29, 0.717) is 0 Å². The smallest absolute Gasteiger partial charge is 0.234 e. The Bertz CT molecular complexity index is 195. The van der Waals surface area contributed by atoms with Crippen LogP contribution < -0.4 is 0 Å². The summed E-state index contributed by atoms with van der Waals surface area (Å²) in [5.41, 5.74) is 2.55. The van der Waals surface area contributed by atoms with Crippen molar-refractivity contribution in [2.75, 3.05) is 0 Å². The Kier molecular flexibility index (Phi) is 1.83. The number of aliphatic hydroxyl groups is 1. The second-order valence-electron chi connectivity index (χ2n) is 2.00. The minimum absolute atomic E-state index is 0.107. The molecule has 0 aliphatic rings. The van der Waals surface area contributed by atoms with E-state index in [9.17, 15) is 0 Å². The lowest BCUT2D eigenvalue weighted by Crippen LogP contribution is -1.75. The number of hydrogen-bond acceptors (Lipinski definition) is 2. The molecular weight excluding hydrogens is 134 g/mol. The molecule has 9 heavy (non-hydrogen) atoms. The van der Waals surface area contributed by atoms with Gasteiger partial charge in [-0.3, -0.25) is 0 Å². The summed E-state index contributed by atoms with van der Waals surface area (Å²) < 4.78 is 0. The molecule has 1 aromatic heterocycles. The van der Waals surface area contributed by atoms with Crippen LogP contribution in [0.4, 0.5) is 0 Å². The number of nitrogens with zero attached hydrogens (tertiary/aromatic N) is 1. The average molecular weight is 144 g/mol. The largest absolute Gasteiger partial charge is 0.346 e. The van der Waals surface area contributed by atoms with Gasteiger partial charge in [0.15, 0.2) is 5.38 Å². The molecule has 2 atom stereocenters. The van der Waals surface area contributed by atoms with Gasteiger partial charge in [0.05, 0.1) is 5.69 Å². The van der Waals surface area contributed by atoms with Gasteiger partial charge in [0.1, 0.15) is 0 Å². The van der Waals surface area contributed by atoms with E-state index >= 15 is 0 Å². The van der Waals surface area contributed by atoms with Crippen molar-refractivity contribution in [3.05, 3.63) is 16.6 Å². The van der Waals surface area contributed by atoms with Gasteiger partial charge in [0.2, 0.25) is 10.9 Å². The first-order valence-corrected chi connectivity index (χ1v) is 4.23. The second kappa shape index (κ2) is 2.45. The van der Waals surface area contributed by atoms with E-state index in [1.807, 2.05) is 12.3 Å². The van der Waals surface area contributed by atoms with Gasteiger partial charge in [-0.05, 0) is 6.92 Å². The molecule has 0 saturated heterocycles. The van der Waals surface area contributed by atoms with Crippen molar-refractivity contribution in [3.63, 3.8) is 0 Å². The lowest BCUT2D eigenvalue weighted by molar-refractivity contribution is 0.245. The summed E-state index contributed by atoms with van der Waals surface area (Å²) in [6, 6.07) is 0. The van der Waals surface area contributed by atoms with Crippen LogP contribution in [0.5, 0.6) is 0 Å². The summed E-state index contributed by atoms with van der Waals surface area (Å²) in [5.74, 6) is 0. The zero-order chi connectivity index (χ0) is 6.85. The Morgan fingerprint density at radius 2 is 2.44 bits per heavy atom. The summed E-state index contributed by atoms with van der Waals surface area (Å²) in [7, 11) is -0.107. The third-order valence-corrected chi connectivity index (χ3v) is 2.83. The molecule has 0 radical (unpaired) electrons. The van der Waals surface area contributed by atoms with Crippen LogP contribution in [0, 0.1) is 6.92 Å². The van der Waals surface area contributed by atoms with Crippen molar-refractivity contribution in [3.8, 4) is 0 Å². The van der Waals surface area contributed by atoms with Crippen LogP contribution in [0.2, 0.25) is 0 Å². The Morgan fingerprint density at radius 1 is 1.78 bits per heavy atom. The first-order chi connectivity index (χ1) is 4.20. The Balaban J connectivity index is 2.85. The van der Waals surface area contributed by atoms with Crippen LogP contribution >= 0.6 is 10.5 Å². The normalized spacial score (nSPS) is 15.7. The van der Waals surface area contributed by atoms with Crippen molar-refractivity contribution < 1.29 is 5.11 Å². The van der Waals surface area contributed by atoms with E-state index in [1.54, 1.807) is 12.4 Å². The van der Waals surface area contributed by atoms with Crippen LogP contribution in [0.3, 0.4) is 0 Å². The quantitative estimate of drug-likeness (QED) is 0.608. The molecule has 2 nitrogen and oxygen atoms in total. The number of aromatic nitrogens is 1. The molecule has 0 aliphatic heterocycles. The van der Waals surface area contributed by atoms with E-state index in [2.05, 4.69) is 4.98 Å². The van der Waals surface area contributed by atoms with Crippen molar-refractivity contribution in [2.24, 2.45) is 0 Å². The highest BCUT2D eigenvalue weighted by molar-refractivity contribution is 7.28. The first-order valence-electron chi connectivity index (χ1n) is 2.81. The van der Waals surface area contributed by atoms with Crippen molar-refractivity contribution >= 4 is 10.5 Å². The van der Waals surface area contributed by atoms with E-state index in [-0.39, 0.29) is 15.9 Å². The van der Waals surface area contributed by atoms with Gasteiger partial charge in [-0.15, -0.1) is 0 Å². The number of aryl methyl sites for hydroxylation is 1. The van der Waals surface area contributed by atoms with Gasteiger partial charge in [-0.1, -0.05) is 0 Å². The van der Waals surface area contributed by atoms with Crippen LogP contribution in [-0.4, -0.2) is 10.1 Å². The van der Waals surface area contributed by atoms with E-state index < -0.39 is 0 Å². The molecule has 0 amide bonds. The molecule has 0 bridgehead atoms. The van der Waals surface area contributed by atoms with Gasteiger partial charge >= 0.3 is 0 Å². The van der Waals surface area contributed by atoms with Gasteiger partial charge in [-0.2, -0.15) is 0 Å². The molecule has 1 aromatic rings. The van der Waals surface area contributed by atoms with E-state index in [1.165, 1.54) is 0 Å². The van der Waals surface area contributed by atoms with Crippen molar-refractivity contribution in [1.29, 1.82) is 0 Å². The molecule has 50 valence electrons. The predicted molar refractivity (Wildman–Crippen MR) is 38.4 cm³/mol. The molecule has 3 heteroatoms. The molecule has 0 fully saturated rings. The zero-order valence-electron chi connectivity index (χ0n) is 5.53. The molecule has 0 spiro atoms. The summed E-state index contributed by atoms with van der Waals surface area (Å²) >= 11 is 0. The first kappa shape index (κ1) is 6.71. The van der Waals surface area contributed by atoms with Gasteiger partial charge in [-0.25, -0.2) is 4.98 Å². The minimum atomic E-state index is -0.272. The third-order valence-electron chi connectivity index (χ3n) is 1.08. The molecular formula is C6H10NOS+. The molecule has 0 aromatic carbocycles. The summed E-state index contributed by atoms with van der Waals surface area (Å²) in [6.45, 7) is 3.72. The minimum Gasteiger partial charge on any atom is -0.346 e. The average Bonchev–Trinajstić information content (AvgIpc) is 2.14. The highest BCUT2D eigenvalue weighted by atomic mass is 32.2. The molecule has 2 unspecified atom stereocenters. The second-order valence-corrected chi connectivity index (χ2v) is 3.95. The van der Waals surface area contributed by atoms with E-state index in [4.69, 9.17) is 5.11 Å². The van der Waals surface area contributed by atoms with Crippen LogP contribution in [0.1, 0.15) is 18.1 Å². The third kappa shape index (κ3) is 1.50. The maximum absolute atomic E-state index is 9.05. The summed E-state index contributed by atoms with van der Waals surface area (Å²) in [6.07, 6.45) is 0. The topological polar surface area (TPSA) is 33.1 Å². The lowest BCUT2D eigenvalue weighted by Gasteiger charge is -1.85. The molecule has 1 rings (SSSR count). The molecule has 0 aliphatic carbocycles.